The highest BCUT2D eigenvalue weighted by atomic mass is 79.9. The Kier molecular flexibility index (Phi) is 3.69. The van der Waals surface area contributed by atoms with E-state index in [9.17, 15) is 0 Å². The van der Waals surface area contributed by atoms with E-state index in [4.69, 9.17) is 16.3 Å². The smallest absolute Gasteiger partial charge is 0.229 e. The second kappa shape index (κ2) is 5.06. The fourth-order valence-electron chi connectivity index (χ4n) is 1.57. The second-order valence-corrected chi connectivity index (χ2v) is 4.59. The lowest BCUT2D eigenvalue weighted by Crippen LogP contribution is -2.00. The topological polar surface area (TPSA) is 39.9 Å². The van der Waals surface area contributed by atoms with E-state index in [0.717, 1.165) is 28.2 Å². The molecule has 0 saturated carbocycles. The standard InChI is InChI=1S/C11H11BrClN3O/c1-3-10-14-15-11(13)16(10)7-4-5-9(17-2)8(12)6-7/h4-6H,3H2,1-2H3. The number of nitrogens with zero attached hydrogens (tertiary/aromatic N) is 3. The molecule has 0 N–H and O–H groups in total. The van der Waals surface area contributed by atoms with Crippen LogP contribution in [0.15, 0.2) is 22.7 Å². The van der Waals surface area contributed by atoms with Crippen molar-refractivity contribution >= 4 is 27.5 Å². The first-order valence-corrected chi connectivity index (χ1v) is 6.28. The Labute approximate surface area is 113 Å². The highest BCUT2D eigenvalue weighted by molar-refractivity contribution is 9.10. The van der Waals surface area contributed by atoms with Crippen molar-refractivity contribution in [1.29, 1.82) is 0 Å². The van der Waals surface area contributed by atoms with Crippen molar-refractivity contribution < 1.29 is 4.74 Å². The largest absolute Gasteiger partial charge is 0.496 e. The van der Waals surface area contributed by atoms with Gasteiger partial charge in [0.15, 0.2) is 0 Å². The summed E-state index contributed by atoms with van der Waals surface area (Å²) < 4.78 is 7.86. The number of aryl methyl sites for hydroxylation is 1. The summed E-state index contributed by atoms with van der Waals surface area (Å²) in [6, 6.07) is 5.71. The van der Waals surface area contributed by atoms with E-state index in [-0.39, 0.29) is 0 Å². The van der Waals surface area contributed by atoms with E-state index < -0.39 is 0 Å². The van der Waals surface area contributed by atoms with Crippen LogP contribution in [0.25, 0.3) is 5.69 Å². The Balaban J connectivity index is 2.53. The third-order valence-corrected chi connectivity index (χ3v) is 3.26. The molecule has 1 aromatic carbocycles. The van der Waals surface area contributed by atoms with Gasteiger partial charge in [0.1, 0.15) is 11.6 Å². The van der Waals surface area contributed by atoms with Crippen molar-refractivity contribution in [2.24, 2.45) is 0 Å². The van der Waals surface area contributed by atoms with Crippen molar-refractivity contribution in [1.82, 2.24) is 14.8 Å². The summed E-state index contributed by atoms with van der Waals surface area (Å²) >= 11 is 9.47. The van der Waals surface area contributed by atoms with Gasteiger partial charge < -0.3 is 4.74 Å². The normalized spacial score (nSPS) is 10.6. The van der Waals surface area contributed by atoms with Crippen LogP contribution < -0.4 is 4.74 Å². The van der Waals surface area contributed by atoms with Crippen molar-refractivity contribution in [2.45, 2.75) is 13.3 Å². The van der Waals surface area contributed by atoms with E-state index in [1.807, 2.05) is 29.7 Å². The lowest BCUT2D eigenvalue weighted by atomic mass is 10.3. The lowest BCUT2D eigenvalue weighted by Gasteiger charge is -2.09. The molecule has 2 rings (SSSR count). The molecule has 0 radical (unpaired) electrons. The maximum absolute atomic E-state index is 6.03. The van der Waals surface area contributed by atoms with Gasteiger partial charge in [0.2, 0.25) is 5.28 Å². The van der Waals surface area contributed by atoms with Crippen LogP contribution in [0.5, 0.6) is 5.75 Å². The van der Waals surface area contributed by atoms with Gasteiger partial charge in [0.25, 0.3) is 0 Å². The van der Waals surface area contributed by atoms with Gasteiger partial charge in [0.05, 0.1) is 17.3 Å². The zero-order valence-corrected chi connectivity index (χ0v) is 11.8. The average Bonchev–Trinajstić information content (AvgIpc) is 2.70. The quantitative estimate of drug-likeness (QED) is 0.872. The van der Waals surface area contributed by atoms with Crippen LogP contribution >= 0.6 is 27.5 Å². The molecular formula is C11H11BrClN3O. The highest BCUT2D eigenvalue weighted by Crippen LogP contribution is 2.28. The number of hydrogen-bond acceptors (Lipinski definition) is 3. The van der Waals surface area contributed by atoms with E-state index in [2.05, 4.69) is 26.1 Å². The predicted molar refractivity (Wildman–Crippen MR) is 70.0 cm³/mol. The number of aromatic nitrogens is 3. The van der Waals surface area contributed by atoms with Crippen LogP contribution in [0.2, 0.25) is 5.28 Å². The minimum Gasteiger partial charge on any atom is -0.496 e. The summed E-state index contributed by atoms with van der Waals surface area (Å²) in [5.74, 6) is 1.60. The molecule has 0 amide bonds. The maximum Gasteiger partial charge on any atom is 0.229 e. The number of rotatable bonds is 3. The second-order valence-electron chi connectivity index (χ2n) is 3.39. The number of methoxy groups -OCH3 is 1. The molecule has 1 heterocycles. The average molecular weight is 317 g/mol. The molecule has 4 nitrogen and oxygen atoms in total. The number of benzene rings is 1. The van der Waals surface area contributed by atoms with E-state index in [1.54, 1.807) is 7.11 Å². The molecule has 0 fully saturated rings. The zero-order valence-electron chi connectivity index (χ0n) is 9.44. The Bertz CT molecular complexity index is 542. The van der Waals surface area contributed by atoms with Gasteiger partial charge in [-0.2, -0.15) is 0 Å². The van der Waals surface area contributed by atoms with Gasteiger partial charge in [-0.1, -0.05) is 6.92 Å². The first kappa shape index (κ1) is 12.4. The van der Waals surface area contributed by atoms with E-state index >= 15 is 0 Å². The summed E-state index contributed by atoms with van der Waals surface area (Å²) in [5.41, 5.74) is 0.907. The third kappa shape index (κ3) is 2.30. The summed E-state index contributed by atoms with van der Waals surface area (Å²) in [5, 5.41) is 8.25. The van der Waals surface area contributed by atoms with Crippen molar-refractivity contribution in [2.75, 3.05) is 7.11 Å². The van der Waals surface area contributed by atoms with Crippen molar-refractivity contribution in [3.8, 4) is 11.4 Å². The molecule has 0 unspecified atom stereocenters. The molecule has 0 bridgehead atoms. The van der Waals surface area contributed by atoms with Crippen LogP contribution in [0, 0.1) is 0 Å². The van der Waals surface area contributed by atoms with Gasteiger partial charge >= 0.3 is 0 Å². The molecule has 0 aliphatic rings. The van der Waals surface area contributed by atoms with Crippen LogP contribution in [0.3, 0.4) is 0 Å². The Hall–Kier alpha value is -1.07. The zero-order chi connectivity index (χ0) is 12.4. The fraction of sp³-hybridized carbons (Fsp3) is 0.273. The Morgan fingerprint density at radius 1 is 1.41 bits per heavy atom. The minimum atomic E-state index is 0.360. The summed E-state index contributed by atoms with van der Waals surface area (Å²) in [4.78, 5) is 0. The predicted octanol–water partition coefficient (Wildman–Crippen LogP) is 3.25. The molecule has 2 aromatic rings. The molecule has 1 aromatic heterocycles. The molecule has 90 valence electrons. The Morgan fingerprint density at radius 3 is 2.76 bits per heavy atom. The van der Waals surface area contributed by atoms with Crippen LogP contribution in [-0.2, 0) is 6.42 Å². The van der Waals surface area contributed by atoms with Crippen molar-refractivity contribution in [3.05, 3.63) is 33.8 Å². The number of ether oxygens (including phenoxy) is 1. The lowest BCUT2D eigenvalue weighted by molar-refractivity contribution is 0.412. The van der Waals surface area contributed by atoms with Gasteiger partial charge in [0, 0.05) is 6.42 Å². The monoisotopic (exact) mass is 315 g/mol. The molecule has 0 aliphatic carbocycles. The third-order valence-electron chi connectivity index (χ3n) is 2.40. The summed E-state index contributed by atoms with van der Waals surface area (Å²) in [7, 11) is 1.63. The van der Waals surface area contributed by atoms with Gasteiger partial charge in [-0.05, 0) is 45.7 Å². The first-order valence-electron chi connectivity index (χ1n) is 5.11. The van der Waals surface area contributed by atoms with E-state index in [1.165, 1.54) is 0 Å². The minimum absolute atomic E-state index is 0.360. The molecule has 0 atom stereocenters. The summed E-state index contributed by atoms with van der Waals surface area (Å²) in [6.07, 6.45) is 0.767. The number of halogens is 2. The molecule has 0 spiro atoms. The summed E-state index contributed by atoms with van der Waals surface area (Å²) in [6.45, 7) is 2.01. The van der Waals surface area contributed by atoms with Crippen molar-refractivity contribution in [3.63, 3.8) is 0 Å². The molecule has 17 heavy (non-hydrogen) atoms. The van der Waals surface area contributed by atoms with E-state index in [0.29, 0.717) is 5.28 Å². The molecule has 0 aliphatic heterocycles. The maximum atomic E-state index is 6.03. The van der Waals surface area contributed by atoms with Crippen LogP contribution in [0.4, 0.5) is 0 Å². The Morgan fingerprint density at radius 2 is 2.18 bits per heavy atom. The SMILES string of the molecule is CCc1nnc(Cl)n1-c1ccc(OC)c(Br)c1. The molecule has 6 heteroatoms. The number of hydrogen-bond donors (Lipinski definition) is 0. The first-order chi connectivity index (χ1) is 8.17. The van der Waals surface area contributed by atoms with Gasteiger partial charge in [-0.3, -0.25) is 4.57 Å². The van der Waals surface area contributed by atoms with Crippen LogP contribution in [-0.4, -0.2) is 21.9 Å². The fourth-order valence-corrected chi connectivity index (χ4v) is 2.34. The molecular weight excluding hydrogens is 305 g/mol. The van der Waals surface area contributed by atoms with Gasteiger partial charge in [-0.15, -0.1) is 10.2 Å². The highest BCUT2D eigenvalue weighted by Gasteiger charge is 2.12. The molecule has 0 saturated heterocycles. The van der Waals surface area contributed by atoms with Crippen LogP contribution in [0.1, 0.15) is 12.7 Å². The van der Waals surface area contributed by atoms with Gasteiger partial charge in [-0.25, -0.2) is 0 Å².